The van der Waals surface area contributed by atoms with Crippen molar-refractivity contribution in [2.24, 2.45) is 0 Å². The number of carbonyl (C=O) groups excluding carboxylic acids is 3. The van der Waals surface area contributed by atoms with Gasteiger partial charge in [0, 0.05) is 19.3 Å². The number of esters is 3. The quantitative estimate of drug-likeness (QED) is 0.0261. The number of hydrogen-bond donors (Lipinski definition) is 0. The molecule has 0 aromatic rings. The summed E-state index contributed by atoms with van der Waals surface area (Å²) in [6.45, 7) is 6.48. The summed E-state index contributed by atoms with van der Waals surface area (Å²) in [6, 6.07) is 0. The minimum atomic E-state index is -0.777. The van der Waals surface area contributed by atoms with Crippen molar-refractivity contribution in [2.45, 2.75) is 316 Å². The molecule has 6 heteroatoms. The van der Waals surface area contributed by atoms with E-state index < -0.39 is 6.10 Å². The largest absolute Gasteiger partial charge is 0.462 e. The van der Waals surface area contributed by atoms with Crippen molar-refractivity contribution in [3.63, 3.8) is 0 Å². The Labute approximate surface area is 458 Å². The highest BCUT2D eigenvalue weighted by Gasteiger charge is 2.19. The average Bonchev–Trinajstić information content (AvgIpc) is 3.40. The zero-order valence-electron chi connectivity index (χ0n) is 48.8. The van der Waals surface area contributed by atoms with Crippen molar-refractivity contribution < 1.29 is 28.6 Å². The van der Waals surface area contributed by atoms with Crippen LogP contribution in [0.15, 0.2) is 85.1 Å². The van der Waals surface area contributed by atoms with E-state index >= 15 is 0 Å². The van der Waals surface area contributed by atoms with Gasteiger partial charge in [-0.1, -0.05) is 279 Å². The fourth-order valence-electron chi connectivity index (χ4n) is 8.91. The summed E-state index contributed by atoms with van der Waals surface area (Å²) in [5.74, 6) is -0.883. The lowest BCUT2D eigenvalue weighted by Gasteiger charge is -2.18. The van der Waals surface area contributed by atoms with Gasteiger partial charge in [-0.05, 0) is 96.3 Å². The SMILES string of the molecule is CC/C=C\C/C=C\C/C=C\C/C=C\CCCCCCCCCCCCCCC(=O)OCC(COC(=O)CCCCCCCC)OC(=O)CCCCCCCCCCCC/C=C\C/C=C\C/C=C\CCCCCCC. The Hall–Kier alpha value is -3.41. The minimum absolute atomic E-state index is 0.0771. The predicted octanol–water partition coefficient (Wildman–Crippen LogP) is 21.5. The molecule has 0 radical (unpaired) electrons. The number of rotatable bonds is 57. The van der Waals surface area contributed by atoms with Gasteiger partial charge in [-0.25, -0.2) is 0 Å². The molecule has 1 atom stereocenters. The van der Waals surface area contributed by atoms with Gasteiger partial charge in [-0.3, -0.25) is 14.4 Å². The number of allylic oxidation sites excluding steroid dienone is 14. The van der Waals surface area contributed by atoms with E-state index in [9.17, 15) is 14.4 Å². The van der Waals surface area contributed by atoms with Crippen LogP contribution in [-0.4, -0.2) is 37.2 Å². The lowest BCUT2D eigenvalue weighted by molar-refractivity contribution is -0.167. The molecule has 74 heavy (non-hydrogen) atoms. The molecule has 0 aliphatic carbocycles. The molecule has 0 N–H and O–H groups in total. The molecule has 0 rings (SSSR count). The first-order valence-electron chi connectivity index (χ1n) is 31.6. The van der Waals surface area contributed by atoms with Crippen molar-refractivity contribution in [1.82, 2.24) is 0 Å². The van der Waals surface area contributed by atoms with Crippen LogP contribution in [0, 0.1) is 0 Å². The third-order valence-electron chi connectivity index (χ3n) is 13.6. The summed E-state index contributed by atoms with van der Waals surface area (Å²) >= 11 is 0. The Bertz CT molecular complexity index is 1420. The molecule has 0 saturated heterocycles. The van der Waals surface area contributed by atoms with Gasteiger partial charge in [-0.15, -0.1) is 0 Å². The second-order valence-electron chi connectivity index (χ2n) is 20.9. The summed E-state index contributed by atoms with van der Waals surface area (Å²) < 4.78 is 16.8. The Morgan fingerprint density at radius 3 is 0.824 bits per heavy atom. The van der Waals surface area contributed by atoms with E-state index in [2.05, 4.69) is 106 Å². The minimum Gasteiger partial charge on any atom is -0.462 e. The maximum Gasteiger partial charge on any atom is 0.306 e. The van der Waals surface area contributed by atoms with Gasteiger partial charge in [0.05, 0.1) is 0 Å². The third-order valence-corrected chi connectivity index (χ3v) is 13.6. The molecule has 0 aromatic heterocycles. The Kier molecular flexibility index (Phi) is 59.3. The molecule has 0 aliphatic heterocycles. The van der Waals surface area contributed by atoms with Crippen LogP contribution in [-0.2, 0) is 28.6 Å². The van der Waals surface area contributed by atoms with E-state index in [4.69, 9.17) is 14.2 Å². The van der Waals surface area contributed by atoms with Crippen LogP contribution in [0.1, 0.15) is 310 Å². The first-order valence-corrected chi connectivity index (χ1v) is 31.6. The first kappa shape index (κ1) is 70.6. The fraction of sp³-hybridized carbons (Fsp3) is 0.750. The van der Waals surface area contributed by atoms with Crippen LogP contribution in [0.5, 0.6) is 0 Å². The van der Waals surface area contributed by atoms with Gasteiger partial charge < -0.3 is 14.2 Å². The average molecular weight is 1030 g/mol. The van der Waals surface area contributed by atoms with Crippen LogP contribution in [0.2, 0.25) is 0 Å². The molecule has 0 fully saturated rings. The summed E-state index contributed by atoms with van der Waals surface area (Å²) in [6.07, 6.45) is 81.9. The fourth-order valence-corrected chi connectivity index (χ4v) is 8.91. The summed E-state index contributed by atoms with van der Waals surface area (Å²) in [5.41, 5.74) is 0. The zero-order valence-corrected chi connectivity index (χ0v) is 48.8. The van der Waals surface area contributed by atoms with E-state index in [1.807, 2.05) is 0 Å². The molecule has 0 amide bonds. The molecule has 0 aliphatic rings. The summed E-state index contributed by atoms with van der Waals surface area (Å²) in [7, 11) is 0. The Morgan fingerprint density at radius 1 is 0.284 bits per heavy atom. The van der Waals surface area contributed by atoms with E-state index in [0.717, 1.165) is 96.3 Å². The highest BCUT2D eigenvalue weighted by Crippen LogP contribution is 2.16. The van der Waals surface area contributed by atoms with Gasteiger partial charge in [-0.2, -0.15) is 0 Å². The van der Waals surface area contributed by atoms with Crippen LogP contribution >= 0.6 is 0 Å². The number of ether oxygens (including phenoxy) is 3. The van der Waals surface area contributed by atoms with Crippen LogP contribution in [0.25, 0.3) is 0 Å². The zero-order chi connectivity index (χ0) is 53.6. The summed E-state index contributed by atoms with van der Waals surface area (Å²) in [4.78, 5) is 38.0. The molecule has 0 aromatic carbocycles. The molecule has 1 unspecified atom stereocenters. The normalized spacial score (nSPS) is 12.6. The molecule has 0 bridgehead atoms. The van der Waals surface area contributed by atoms with E-state index in [0.29, 0.717) is 19.3 Å². The van der Waals surface area contributed by atoms with Crippen molar-refractivity contribution in [2.75, 3.05) is 13.2 Å². The van der Waals surface area contributed by atoms with Crippen molar-refractivity contribution in [1.29, 1.82) is 0 Å². The Morgan fingerprint density at radius 2 is 0.527 bits per heavy atom. The maximum atomic E-state index is 12.8. The second kappa shape index (κ2) is 62.1. The van der Waals surface area contributed by atoms with E-state index in [1.165, 1.54) is 173 Å². The monoisotopic (exact) mass is 1030 g/mol. The van der Waals surface area contributed by atoms with E-state index in [-0.39, 0.29) is 31.1 Å². The maximum absolute atomic E-state index is 12.8. The highest BCUT2D eigenvalue weighted by atomic mass is 16.6. The van der Waals surface area contributed by atoms with E-state index in [1.54, 1.807) is 0 Å². The first-order chi connectivity index (χ1) is 36.5. The third kappa shape index (κ3) is 59.5. The molecule has 426 valence electrons. The topological polar surface area (TPSA) is 78.9 Å². The van der Waals surface area contributed by atoms with Crippen molar-refractivity contribution in [3.8, 4) is 0 Å². The van der Waals surface area contributed by atoms with Gasteiger partial charge in [0.1, 0.15) is 13.2 Å². The number of unbranched alkanes of at least 4 members (excludes halogenated alkanes) is 32. The highest BCUT2D eigenvalue weighted by molar-refractivity contribution is 5.71. The molecule has 0 spiro atoms. The van der Waals surface area contributed by atoms with Crippen LogP contribution < -0.4 is 0 Å². The molecular formula is C68H118O6. The van der Waals surface area contributed by atoms with Gasteiger partial charge >= 0.3 is 17.9 Å². The second-order valence-corrected chi connectivity index (χ2v) is 20.9. The van der Waals surface area contributed by atoms with Crippen molar-refractivity contribution >= 4 is 17.9 Å². The predicted molar refractivity (Wildman–Crippen MR) is 321 cm³/mol. The van der Waals surface area contributed by atoms with Crippen LogP contribution in [0.4, 0.5) is 0 Å². The molecular weight excluding hydrogens is 913 g/mol. The Balaban J connectivity index is 4.10. The van der Waals surface area contributed by atoms with Crippen molar-refractivity contribution in [3.05, 3.63) is 85.1 Å². The number of carbonyl (C=O) groups is 3. The van der Waals surface area contributed by atoms with Crippen LogP contribution in [0.3, 0.4) is 0 Å². The molecule has 0 heterocycles. The number of hydrogen-bond acceptors (Lipinski definition) is 6. The van der Waals surface area contributed by atoms with Gasteiger partial charge in [0.25, 0.3) is 0 Å². The smallest absolute Gasteiger partial charge is 0.306 e. The molecule has 6 nitrogen and oxygen atoms in total. The standard InChI is InChI=1S/C68H118O6/c1-4-7-10-13-16-18-20-22-24-26-28-30-32-34-36-38-40-42-44-46-48-50-52-55-58-61-67(70)73-64-65(63-72-66(69)60-57-54-15-12-9-6-3)74-68(71)62-59-56-53-51-49-47-45-43-41-39-37-35-33-31-29-27-25-23-21-19-17-14-11-8-5-2/h7,10,16,18,21-24,27-30,33,35,65H,4-6,8-9,11-15,17,19-20,25-26,31-32,34,36-64H2,1-3H3/b10-7-,18-16-,23-21-,24-22-,29-27-,30-28-,35-33-. The summed E-state index contributed by atoms with van der Waals surface area (Å²) in [5, 5.41) is 0. The molecule has 0 saturated carbocycles. The lowest BCUT2D eigenvalue weighted by atomic mass is 10.0. The lowest BCUT2D eigenvalue weighted by Crippen LogP contribution is -2.30. The van der Waals surface area contributed by atoms with Gasteiger partial charge in [0.15, 0.2) is 6.10 Å². The van der Waals surface area contributed by atoms with Gasteiger partial charge in [0.2, 0.25) is 0 Å².